The zero-order valence-electron chi connectivity index (χ0n) is 14.0. The molecule has 0 aromatic rings. The molecular weight excluding hydrogens is 264 g/mol. The van der Waals surface area contributed by atoms with Gasteiger partial charge in [-0.1, -0.05) is 34.1 Å². The van der Waals surface area contributed by atoms with Crippen molar-refractivity contribution in [2.24, 2.45) is 0 Å². The largest absolute Gasteiger partial charge is 0.308 e. The quantitative estimate of drug-likeness (QED) is 0.800. The van der Waals surface area contributed by atoms with E-state index in [1.54, 1.807) is 0 Å². The average molecular weight is 299 g/mol. The van der Waals surface area contributed by atoms with Crippen LogP contribution in [0.15, 0.2) is 0 Å². The first-order chi connectivity index (χ1) is 9.69. The van der Waals surface area contributed by atoms with Gasteiger partial charge in [0.25, 0.3) is 0 Å². The molecule has 1 N–H and O–H groups in total. The number of nitrogens with one attached hydrogen (secondary N) is 1. The third kappa shape index (κ3) is 3.36. The molecule has 2 nitrogen and oxygen atoms in total. The van der Waals surface area contributed by atoms with Crippen LogP contribution in [0.3, 0.4) is 0 Å². The lowest BCUT2D eigenvalue weighted by Crippen LogP contribution is -2.66. The summed E-state index contributed by atoms with van der Waals surface area (Å²) in [4.78, 5) is 2.91. The summed E-state index contributed by atoms with van der Waals surface area (Å²) >= 11 is 2.21. The van der Waals surface area contributed by atoms with Crippen molar-refractivity contribution in [2.45, 2.75) is 89.1 Å². The topological polar surface area (TPSA) is 15.3 Å². The molecule has 1 saturated carbocycles. The first-order valence-corrected chi connectivity index (χ1v) is 9.86. The second-order valence-electron chi connectivity index (χ2n) is 6.59. The molecule has 1 heterocycles. The van der Waals surface area contributed by atoms with E-state index in [9.17, 15) is 0 Å². The number of hydrogen-bond donors (Lipinski definition) is 1. The molecule has 2 rings (SSSR count). The smallest absolute Gasteiger partial charge is 0.0304 e. The molecule has 0 aromatic carbocycles. The van der Waals surface area contributed by atoms with E-state index in [-0.39, 0.29) is 0 Å². The van der Waals surface area contributed by atoms with E-state index in [2.05, 4.69) is 49.7 Å². The molecular formula is C17H34N2S. The lowest BCUT2D eigenvalue weighted by molar-refractivity contribution is 0.0384. The summed E-state index contributed by atoms with van der Waals surface area (Å²) in [5.41, 5.74) is 0.371. The molecule has 118 valence electrons. The number of hydrogen-bond acceptors (Lipinski definition) is 3. The van der Waals surface area contributed by atoms with Gasteiger partial charge in [-0.05, 0) is 37.9 Å². The minimum absolute atomic E-state index is 0.371. The Morgan fingerprint density at radius 2 is 1.90 bits per heavy atom. The van der Waals surface area contributed by atoms with Gasteiger partial charge in [0, 0.05) is 36.0 Å². The van der Waals surface area contributed by atoms with Crippen molar-refractivity contribution < 1.29 is 0 Å². The van der Waals surface area contributed by atoms with E-state index in [0.29, 0.717) is 5.54 Å². The first kappa shape index (κ1) is 16.6. The first-order valence-electron chi connectivity index (χ1n) is 8.82. The minimum Gasteiger partial charge on any atom is -0.308 e. The number of thioether (sulfide) groups is 1. The Bertz CT molecular complexity index is 291. The summed E-state index contributed by atoms with van der Waals surface area (Å²) in [6, 6.07) is 1.59. The summed E-state index contributed by atoms with van der Waals surface area (Å²) in [6.45, 7) is 11.8. The third-order valence-corrected chi connectivity index (χ3v) is 7.03. The molecule has 20 heavy (non-hydrogen) atoms. The fraction of sp³-hybridized carbons (Fsp3) is 1.00. The Kier molecular flexibility index (Phi) is 6.25. The lowest BCUT2D eigenvalue weighted by atomic mass is 9.87. The molecule has 0 spiro atoms. The van der Waals surface area contributed by atoms with Gasteiger partial charge in [0.15, 0.2) is 0 Å². The van der Waals surface area contributed by atoms with Crippen LogP contribution >= 0.6 is 11.8 Å². The molecule has 1 aliphatic carbocycles. The normalized spacial score (nSPS) is 34.5. The molecule has 0 radical (unpaired) electrons. The van der Waals surface area contributed by atoms with Crippen LogP contribution in [0.1, 0.15) is 66.2 Å². The van der Waals surface area contributed by atoms with Crippen LogP contribution in [0.4, 0.5) is 0 Å². The molecule has 3 unspecified atom stereocenters. The van der Waals surface area contributed by atoms with Gasteiger partial charge in [0.2, 0.25) is 0 Å². The van der Waals surface area contributed by atoms with E-state index in [1.807, 2.05) is 0 Å². The fourth-order valence-corrected chi connectivity index (χ4v) is 5.45. The minimum atomic E-state index is 0.371. The van der Waals surface area contributed by atoms with Gasteiger partial charge < -0.3 is 5.32 Å². The molecule has 3 heteroatoms. The van der Waals surface area contributed by atoms with Crippen molar-refractivity contribution in [1.82, 2.24) is 10.2 Å². The van der Waals surface area contributed by atoms with Crippen LogP contribution in [0.25, 0.3) is 0 Å². The molecule has 3 atom stereocenters. The van der Waals surface area contributed by atoms with Crippen LogP contribution in [-0.2, 0) is 0 Å². The Morgan fingerprint density at radius 1 is 1.15 bits per heavy atom. The molecule has 0 bridgehead atoms. The van der Waals surface area contributed by atoms with Crippen LogP contribution < -0.4 is 5.32 Å². The SMILES string of the molecule is CCSC1CCCC1N1CC(CC)(CC)NCC1CC. The van der Waals surface area contributed by atoms with Crippen LogP contribution in [0, 0.1) is 0 Å². The molecule has 1 aliphatic heterocycles. The van der Waals surface area contributed by atoms with Crippen molar-refractivity contribution in [1.29, 1.82) is 0 Å². The lowest BCUT2D eigenvalue weighted by Gasteiger charge is -2.50. The van der Waals surface area contributed by atoms with Crippen molar-refractivity contribution in [3.8, 4) is 0 Å². The second kappa shape index (κ2) is 7.51. The maximum atomic E-state index is 3.88. The molecule has 0 aromatic heterocycles. The predicted molar refractivity (Wildman–Crippen MR) is 91.7 cm³/mol. The summed E-state index contributed by atoms with van der Waals surface area (Å²) in [5.74, 6) is 1.27. The fourth-order valence-electron chi connectivity index (χ4n) is 4.17. The van der Waals surface area contributed by atoms with E-state index >= 15 is 0 Å². The standard InChI is InChI=1S/C17H34N2S/c1-5-14-12-18-17(6-2,7-3)13-19(14)15-10-9-11-16(15)20-8-4/h14-16,18H,5-13H2,1-4H3. The zero-order chi connectivity index (χ0) is 14.6. The van der Waals surface area contributed by atoms with Gasteiger partial charge in [-0.25, -0.2) is 0 Å². The van der Waals surface area contributed by atoms with Gasteiger partial charge in [-0.2, -0.15) is 11.8 Å². The zero-order valence-corrected chi connectivity index (χ0v) is 14.8. The highest BCUT2D eigenvalue weighted by Gasteiger charge is 2.42. The third-order valence-electron chi connectivity index (χ3n) is 5.72. The molecule has 0 amide bonds. The highest BCUT2D eigenvalue weighted by molar-refractivity contribution is 7.99. The molecule has 2 fully saturated rings. The highest BCUT2D eigenvalue weighted by Crippen LogP contribution is 2.37. The summed E-state index contributed by atoms with van der Waals surface area (Å²) in [7, 11) is 0. The van der Waals surface area contributed by atoms with Gasteiger partial charge in [-0.3, -0.25) is 4.90 Å². The van der Waals surface area contributed by atoms with Crippen molar-refractivity contribution in [3.63, 3.8) is 0 Å². The summed E-state index contributed by atoms with van der Waals surface area (Å²) in [6.07, 6.45) is 8.11. The van der Waals surface area contributed by atoms with Crippen molar-refractivity contribution in [3.05, 3.63) is 0 Å². The number of nitrogens with zero attached hydrogens (tertiary/aromatic N) is 1. The van der Waals surface area contributed by atoms with E-state index in [4.69, 9.17) is 0 Å². The summed E-state index contributed by atoms with van der Waals surface area (Å²) < 4.78 is 0. The monoisotopic (exact) mass is 298 g/mol. The number of piperazine rings is 1. The second-order valence-corrected chi connectivity index (χ2v) is 8.11. The van der Waals surface area contributed by atoms with E-state index in [0.717, 1.165) is 17.3 Å². The maximum absolute atomic E-state index is 3.88. The Balaban J connectivity index is 2.12. The maximum Gasteiger partial charge on any atom is 0.0304 e. The van der Waals surface area contributed by atoms with Crippen LogP contribution in [-0.4, -0.2) is 46.6 Å². The van der Waals surface area contributed by atoms with Gasteiger partial charge in [0.1, 0.15) is 0 Å². The predicted octanol–water partition coefficient (Wildman–Crippen LogP) is 3.90. The van der Waals surface area contributed by atoms with E-state index < -0.39 is 0 Å². The van der Waals surface area contributed by atoms with Gasteiger partial charge in [-0.15, -0.1) is 0 Å². The van der Waals surface area contributed by atoms with E-state index in [1.165, 1.54) is 57.4 Å². The average Bonchev–Trinajstić information content (AvgIpc) is 2.95. The van der Waals surface area contributed by atoms with Crippen LogP contribution in [0.5, 0.6) is 0 Å². The summed E-state index contributed by atoms with van der Waals surface area (Å²) in [5, 5.41) is 4.77. The Morgan fingerprint density at radius 3 is 2.50 bits per heavy atom. The highest BCUT2D eigenvalue weighted by atomic mass is 32.2. The molecule has 1 saturated heterocycles. The molecule has 2 aliphatic rings. The Hall–Kier alpha value is 0.270. The van der Waals surface area contributed by atoms with Gasteiger partial charge >= 0.3 is 0 Å². The Labute approximate surface area is 130 Å². The number of rotatable bonds is 6. The van der Waals surface area contributed by atoms with Gasteiger partial charge in [0.05, 0.1) is 0 Å². The van der Waals surface area contributed by atoms with Crippen molar-refractivity contribution >= 4 is 11.8 Å². The van der Waals surface area contributed by atoms with Crippen molar-refractivity contribution in [2.75, 3.05) is 18.8 Å². The van der Waals surface area contributed by atoms with Crippen LogP contribution in [0.2, 0.25) is 0 Å².